The molecule has 1 heterocycles. The van der Waals surface area contributed by atoms with Crippen molar-refractivity contribution >= 4 is 6.29 Å². The number of benzene rings is 1. The summed E-state index contributed by atoms with van der Waals surface area (Å²) < 4.78 is 11.6. The van der Waals surface area contributed by atoms with Gasteiger partial charge in [0, 0.05) is 18.8 Å². The number of fused-ring (bicyclic) bond motifs is 1. The van der Waals surface area contributed by atoms with Gasteiger partial charge < -0.3 is 9.47 Å². The average molecular weight is 244 g/mol. The molecular weight excluding hydrogens is 228 g/mol. The summed E-state index contributed by atoms with van der Waals surface area (Å²) in [5, 5.41) is 0. The Morgan fingerprint density at radius 1 is 1.33 bits per heavy atom. The van der Waals surface area contributed by atoms with E-state index in [1.54, 1.807) is 0 Å². The Morgan fingerprint density at radius 3 is 2.89 bits per heavy atom. The van der Waals surface area contributed by atoms with Crippen molar-refractivity contribution in [2.24, 2.45) is 5.92 Å². The normalized spacial score (nSPS) is 30.0. The summed E-state index contributed by atoms with van der Waals surface area (Å²) >= 11 is 0. The van der Waals surface area contributed by atoms with Gasteiger partial charge in [0.25, 0.3) is 0 Å². The fourth-order valence-corrected chi connectivity index (χ4v) is 2.63. The Hall–Kier alpha value is -1.45. The Labute approximate surface area is 106 Å². The molecule has 1 saturated heterocycles. The van der Waals surface area contributed by atoms with E-state index in [0.29, 0.717) is 12.5 Å². The fraction of sp³-hybridized carbons (Fsp3) is 0.400. The van der Waals surface area contributed by atoms with Crippen LogP contribution in [0.3, 0.4) is 0 Å². The summed E-state index contributed by atoms with van der Waals surface area (Å²) in [6, 6.07) is 10.1. The van der Waals surface area contributed by atoms with Crippen LogP contribution < -0.4 is 0 Å². The van der Waals surface area contributed by atoms with E-state index in [4.69, 9.17) is 9.47 Å². The lowest BCUT2D eigenvalue weighted by molar-refractivity contribution is -0.140. The van der Waals surface area contributed by atoms with Gasteiger partial charge >= 0.3 is 0 Å². The van der Waals surface area contributed by atoms with Crippen LogP contribution in [-0.4, -0.2) is 18.7 Å². The molecule has 3 heteroatoms. The first kappa shape index (κ1) is 11.6. The number of hydrogen-bond donors (Lipinski definition) is 0. The van der Waals surface area contributed by atoms with Gasteiger partial charge in [-0.3, -0.25) is 4.79 Å². The van der Waals surface area contributed by atoms with Gasteiger partial charge in [0.05, 0.1) is 12.7 Å². The number of aldehydes is 1. The molecule has 94 valence electrons. The number of rotatable bonds is 4. The molecule has 3 rings (SSSR count). The molecule has 1 aromatic rings. The Kier molecular flexibility index (Phi) is 3.26. The Balaban J connectivity index is 1.52. The molecule has 0 N–H and O–H groups in total. The molecule has 1 aliphatic heterocycles. The van der Waals surface area contributed by atoms with Crippen LogP contribution in [0.2, 0.25) is 0 Å². The third kappa shape index (κ3) is 2.37. The van der Waals surface area contributed by atoms with E-state index in [2.05, 4.69) is 0 Å². The number of hydrogen-bond acceptors (Lipinski definition) is 3. The minimum atomic E-state index is -0.135. The van der Waals surface area contributed by atoms with E-state index < -0.39 is 0 Å². The van der Waals surface area contributed by atoms with E-state index in [1.165, 1.54) is 0 Å². The van der Waals surface area contributed by atoms with Crippen molar-refractivity contribution in [1.82, 2.24) is 0 Å². The first-order valence-electron chi connectivity index (χ1n) is 6.32. The number of carbonyl (C=O) groups excluding carboxylic acids is 1. The molecular formula is C15H16O3. The molecule has 1 fully saturated rings. The second kappa shape index (κ2) is 5.04. The lowest BCUT2D eigenvalue weighted by Crippen LogP contribution is -2.14. The van der Waals surface area contributed by atoms with Crippen LogP contribution in [0.15, 0.2) is 42.0 Å². The van der Waals surface area contributed by atoms with E-state index in [-0.39, 0.29) is 12.4 Å². The maximum absolute atomic E-state index is 10.7. The summed E-state index contributed by atoms with van der Waals surface area (Å²) in [5.41, 5.74) is 2.02. The topological polar surface area (TPSA) is 35.5 Å². The summed E-state index contributed by atoms with van der Waals surface area (Å²) in [5.74, 6) is 0.353. The minimum absolute atomic E-state index is 0.135. The third-order valence-corrected chi connectivity index (χ3v) is 3.56. The van der Waals surface area contributed by atoms with Crippen molar-refractivity contribution in [1.29, 1.82) is 0 Å². The van der Waals surface area contributed by atoms with Gasteiger partial charge in [0.1, 0.15) is 6.29 Å². The van der Waals surface area contributed by atoms with E-state index >= 15 is 0 Å². The highest BCUT2D eigenvalue weighted by Gasteiger charge is 2.38. The van der Waals surface area contributed by atoms with Crippen LogP contribution in [0.25, 0.3) is 0 Å². The Bertz CT molecular complexity index is 452. The van der Waals surface area contributed by atoms with Crippen LogP contribution in [-0.2, 0) is 20.9 Å². The van der Waals surface area contributed by atoms with Gasteiger partial charge in [-0.05, 0) is 11.1 Å². The molecule has 2 unspecified atom stereocenters. The molecule has 0 spiro atoms. The highest BCUT2D eigenvalue weighted by atomic mass is 16.7. The average Bonchev–Trinajstić information content (AvgIpc) is 2.95. The van der Waals surface area contributed by atoms with Crippen molar-refractivity contribution in [2.75, 3.05) is 0 Å². The number of carbonyl (C=O) groups is 1. The molecule has 0 aromatic heterocycles. The lowest BCUT2D eigenvalue weighted by Gasteiger charge is -2.13. The van der Waals surface area contributed by atoms with Gasteiger partial charge in [-0.25, -0.2) is 0 Å². The maximum atomic E-state index is 10.7. The van der Waals surface area contributed by atoms with Crippen molar-refractivity contribution < 1.29 is 14.3 Å². The van der Waals surface area contributed by atoms with Crippen molar-refractivity contribution in [3.8, 4) is 0 Å². The van der Waals surface area contributed by atoms with Crippen LogP contribution in [0.1, 0.15) is 18.4 Å². The molecule has 1 aromatic carbocycles. The summed E-state index contributed by atoms with van der Waals surface area (Å²) in [6.45, 7) is 0.579. The minimum Gasteiger partial charge on any atom is -0.348 e. The molecule has 0 radical (unpaired) electrons. The second-order valence-corrected chi connectivity index (χ2v) is 4.86. The van der Waals surface area contributed by atoms with Crippen molar-refractivity contribution in [2.45, 2.75) is 31.8 Å². The van der Waals surface area contributed by atoms with Gasteiger partial charge in [-0.15, -0.1) is 0 Å². The summed E-state index contributed by atoms with van der Waals surface area (Å²) in [4.78, 5) is 10.7. The largest absolute Gasteiger partial charge is 0.348 e. The zero-order valence-electron chi connectivity index (χ0n) is 10.1. The zero-order chi connectivity index (χ0) is 12.4. The van der Waals surface area contributed by atoms with E-state index in [9.17, 15) is 4.79 Å². The third-order valence-electron chi connectivity index (χ3n) is 3.56. The van der Waals surface area contributed by atoms with Gasteiger partial charge in [-0.1, -0.05) is 36.4 Å². The predicted octanol–water partition coefficient (Wildman–Crippen LogP) is 2.46. The first-order valence-corrected chi connectivity index (χ1v) is 6.32. The molecule has 0 saturated carbocycles. The second-order valence-electron chi connectivity index (χ2n) is 4.86. The molecule has 18 heavy (non-hydrogen) atoms. The van der Waals surface area contributed by atoms with Crippen LogP contribution in [0.4, 0.5) is 0 Å². The van der Waals surface area contributed by atoms with Crippen LogP contribution in [0, 0.1) is 5.92 Å². The molecule has 0 bridgehead atoms. The smallest absolute Gasteiger partial charge is 0.159 e. The highest BCUT2D eigenvalue weighted by molar-refractivity contribution is 5.74. The van der Waals surface area contributed by atoms with Gasteiger partial charge in [-0.2, -0.15) is 0 Å². The number of ether oxygens (including phenoxy) is 2. The summed E-state index contributed by atoms with van der Waals surface area (Å²) in [7, 11) is 0. The van der Waals surface area contributed by atoms with Crippen molar-refractivity contribution in [3.05, 3.63) is 47.5 Å². The maximum Gasteiger partial charge on any atom is 0.159 e. The van der Waals surface area contributed by atoms with E-state index in [0.717, 1.165) is 30.3 Å². The summed E-state index contributed by atoms with van der Waals surface area (Å²) in [6.07, 6.45) is 4.56. The lowest BCUT2D eigenvalue weighted by atomic mass is 10.1. The van der Waals surface area contributed by atoms with Gasteiger partial charge in [0.2, 0.25) is 0 Å². The fourth-order valence-electron chi connectivity index (χ4n) is 2.63. The molecule has 2 aliphatic rings. The van der Waals surface area contributed by atoms with Crippen LogP contribution >= 0.6 is 0 Å². The standard InChI is InChI=1S/C15H16O3/c16-9-12-6-13-8-15(18-14(13)7-12)17-10-11-4-2-1-3-5-11/h1-6,9,13-15H,7-8,10H2/t13?,14-,15?/m0/s1. The Morgan fingerprint density at radius 2 is 2.17 bits per heavy atom. The van der Waals surface area contributed by atoms with Crippen molar-refractivity contribution in [3.63, 3.8) is 0 Å². The first-order chi connectivity index (χ1) is 8.85. The molecule has 3 nitrogen and oxygen atoms in total. The highest BCUT2D eigenvalue weighted by Crippen LogP contribution is 2.37. The quantitative estimate of drug-likeness (QED) is 0.763. The van der Waals surface area contributed by atoms with Gasteiger partial charge in [0.15, 0.2) is 6.29 Å². The predicted molar refractivity (Wildman–Crippen MR) is 66.8 cm³/mol. The zero-order valence-corrected chi connectivity index (χ0v) is 10.1. The SMILES string of the molecule is O=CC1=CC2CC(OCc3ccccc3)O[C@H]2C1. The molecule has 3 atom stereocenters. The van der Waals surface area contributed by atoms with Crippen LogP contribution in [0.5, 0.6) is 0 Å². The molecule has 0 amide bonds. The molecule has 1 aliphatic carbocycles. The monoisotopic (exact) mass is 244 g/mol. The van der Waals surface area contributed by atoms with E-state index in [1.807, 2.05) is 36.4 Å².